The molecule has 2 aromatic carbocycles. The fraction of sp³-hybridized carbons (Fsp3) is 0.318. The molecule has 1 fully saturated rings. The van der Waals surface area contributed by atoms with Gasteiger partial charge in [-0.3, -0.25) is 4.79 Å². The smallest absolute Gasteiger partial charge is 0.235 e. The van der Waals surface area contributed by atoms with Crippen molar-refractivity contribution in [2.45, 2.75) is 26.3 Å². The van der Waals surface area contributed by atoms with Gasteiger partial charge < -0.3 is 23.9 Å². The van der Waals surface area contributed by atoms with Gasteiger partial charge in [-0.05, 0) is 31.2 Å². The number of hydrogen-bond acceptors (Lipinski definition) is 5. The maximum Gasteiger partial charge on any atom is 0.235 e. The molecule has 6 nitrogen and oxygen atoms in total. The number of aromatic hydroxyl groups is 1. The predicted octanol–water partition coefficient (Wildman–Crippen LogP) is 2.87. The fourth-order valence-electron chi connectivity index (χ4n) is 3.70. The molecule has 1 aromatic heterocycles. The van der Waals surface area contributed by atoms with Gasteiger partial charge in [0.2, 0.25) is 11.2 Å². The van der Waals surface area contributed by atoms with Gasteiger partial charge in [-0.15, -0.1) is 0 Å². The molecule has 0 amide bonds. The molecule has 2 heterocycles. The minimum absolute atomic E-state index is 0.0878. The summed E-state index contributed by atoms with van der Waals surface area (Å²) < 4.78 is 17.1. The number of phenols is 1. The van der Waals surface area contributed by atoms with Crippen LogP contribution in [-0.4, -0.2) is 24.8 Å². The Labute approximate surface area is 162 Å². The summed E-state index contributed by atoms with van der Waals surface area (Å²) in [6.07, 6.45) is 3.68. The van der Waals surface area contributed by atoms with E-state index in [0.29, 0.717) is 41.2 Å². The number of ether oxygens (including phenoxy) is 2. The van der Waals surface area contributed by atoms with Crippen LogP contribution in [0.25, 0.3) is 11.0 Å². The van der Waals surface area contributed by atoms with Crippen LogP contribution in [0.3, 0.4) is 0 Å². The SMILES string of the molecule is CCOc1ccccc1Oc1coc2c(C[NH+]3CCCC3)c(O)ccc2c1=O. The first-order chi connectivity index (χ1) is 13.7. The van der Waals surface area contributed by atoms with Gasteiger partial charge in [0.15, 0.2) is 17.1 Å². The number of fused-ring (bicyclic) bond motifs is 1. The number of rotatable bonds is 6. The van der Waals surface area contributed by atoms with E-state index in [1.54, 1.807) is 24.3 Å². The number of quaternary nitrogens is 1. The zero-order valence-corrected chi connectivity index (χ0v) is 15.9. The Morgan fingerprint density at radius 3 is 2.57 bits per heavy atom. The Hall–Kier alpha value is -2.99. The van der Waals surface area contributed by atoms with E-state index in [2.05, 4.69) is 0 Å². The third-order valence-electron chi connectivity index (χ3n) is 5.09. The largest absolute Gasteiger partial charge is 0.507 e. The Bertz CT molecular complexity index is 1040. The summed E-state index contributed by atoms with van der Waals surface area (Å²) in [6.45, 7) is 5.15. The molecule has 28 heavy (non-hydrogen) atoms. The Kier molecular flexibility index (Phi) is 5.21. The molecule has 0 spiro atoms. The van der Waals surface area contributed by atoms with Crippen molar-refractivity contribution < 1.29 is 23.9 Å². The van der Waals surface area contributed by atoms with Crippen LogP contribution >= 0.6 is 0 Å². The van der Waals surface area contributed by atoms with Gasteiger partial charge in [0.05, 0.1) is 30.6 Å². The van der Waals surface area contributed by atoms with E-state index in [1.807, 2.05) is 19.1 Å². The van der Waals surface area contributed by atoms with E-state index in [-0.39, 0.29) is 16.9 Å². The highest BCUT2D eigenvalue weighted by atomic mass is 16.5. The van der Waals surface area contributed by atoms with Crippen molar-refractivity contribution in [2.75, 3.05) is 19.7 Å². The van der Waals surface area contributed by atoms with E-state index in [4.69, 9.17) is 13.9 Å². The summed E-state index contributed by atoms with van der Waals surface area (Å²) in [5, 5.41) is 10.7. The van der Waals surface area contributed by atoms with Gasteiger partial charge in [0.25, 0.3) is 0 Å². The normalized spacial score (nSPS) is 14.5. The maximum absolute atomic E-state index is 13.0. The minimum atomic E-state index is -0.273. The summed E-state index contributed by atoms with van der Waals surface area (Å²) >= 11 is 0. The molecule has 0 atom stereocenters. The lowest BCUT2D eigenvalue weighted by atomic mass is 10.1. The summed E-state index contributed by atoms with van der Waals surface area (Å²) in [6, 6.07) is 10.3. The van der Waals surface area contributed by atoms with Gasteiger partial charge in [-0.25, -0.2) is 0 Å². The first-order valence-electron chi connectivity index (χ1n) is 9.67. The Morgan fingerprint density at radius 2 is 1.82 bits per heavy atom. The Balaban J connectivity index is 1.71. The molecule has 146 valence electrons. The maximum atomic E-state index is 13.0. The topological polar surface area (TPSA) is 73.3 Å². The van der Waals surface area contributed by atoms with E-state index in [0.717, 1.165) is 13.1 Å². The number of para-hydroxylation sites is 2. The van der Waals surface area contributed by atoms with Crippen molar-refractivity contribution in [1.29, 1.82) is 0 Å². The molecule has 1 aliphatic rings. The average molecular weight is 382 g/mol. The molecule has 2 N–H and O–H groups in total. The number of likely N-dealkylation sites (tertiary alicyclic amines) is 1. The third kappa shape index (κ3) is 3.55. The summed E-state index contributed by atoms with van der Waals surface area (Å²) in [7, 11) is 0. The molecule has 1 saturated heterocycles. The van der Waals surface area contributed by atoms with Crippen molar-refractivity contribution >= 4 is 11.0 Å². The number of hydrogen-bond donors (Lipinski definition) is 2. The molecule has 0 unspecified atom stereocenters. The molecule has 4 rings (SSSR count). The van der Waals surface area contributed by atoms with Crippen LogP contribution in [0.5, 0.6) is 23.0 Å². The Morgan fingerprint density at radius 1 is 1.07 bits per heavy atom. The van der Waals surface area contributed by atoms with Crippen LogP contribution < -0.4 is 19.8 Å². The predicted molar refractivity (Wildman–Crippen MR) is 105 cm³/mol. The third-order valence-corrected chi connectivity index (χ3v) is 5.09. The average Bonchev–Trinajstić information content (AvgIpc) is 3.21. The molecule has 3 aromatic rings. The van der Waals surface area contributed by atoms with Gasteiger partial charge in [0.1, 0.15) is 18.6 Å². The van der Waals surface area contributed by atoms with Crippen LogP contribution in [0, 0.1) is 0 Å². The first kappa shape index (κ1) is 18.4. The molecule has 6 heteroatoms. The summed E-state index contributed by atoms with van der Waals surface area (Å²) in [5.74, 6) is 1.26. The van der Waals surface area contributed by atoms with Crippen LogP contribution in [0.2, 0.25) is 0 Å². The molecular formula is C22H24NO5+. The highest BCUT2D eigenvalue weighted by Gasteiger charge is 2.22. The quantitative estimate of drug-likeness (QED) is 0.686. The van der Waals surface area contributed by atoms with Gasteiger partial charge >= 0.3 is 0 Å². The fourth-order valence-corrected chi connectivity index (χ4v) is 3.70. The van der Waals surface area contributed by atoms with Crippen molar-refractivity contribution in [2.24, 2.45) is 0 Å². The van der Waals surface area contributed by atoms with Crippen molar-refractivity contribution in [3.63, 3.8) is 0 Å². The van der Waals surface area contributed by atoms with Crippen molar-refractivity contribution in [1.82, 2.24) is 0 Å². The highest BCUT2D eigenvalue weighted by molar-refractivity contribution is 5.82. The summed E-state index contributed by atoms with van der Waals surface area (Å²) in [5.41, 5.74) is 0.827. The van der Waals surface area contributed by atoms with Crippen molar-refractivity contribution in [3.8, 4) is 23.0 Å². The zero-order chi connectivity index (χ0) is 19.5. The number of benzene rings is 2. The second kappa shape index (κ2) is 7.94. The molecule has 0 saturated carbocycles. The molecule has 0 radical (unpaired) electrons. The highest BCUT2D eigenvalue weighted by Crippen LogP contribution is 2.32. The van der Waals surface area contributed by atoms with E-state index < -0.39 is 0 Å². The molecule has 0 bridgehead atoms. The molecule has 1 aliphatic heterocycles. The van der Waals surface area contributed by atoms with Crippen molar-refractivity contribution in [3.05, 3.63) is 58.4 Å². The van der Waals surface area contributed by atoms with Crippen LogP contribution in [-0.2, 0) is 6.54 Å². The number of phenolic OH excluding ortho intramolecular Hbond substituents is 1. The second-order valence-corrected chi connectivity index (χ2v) is 6.98. The van der Waals surface area contributed by atoms with Gasteiger partial charge in [-0.1, -0.05) is 12.1 Å². The zero-order valence-electron chi connectivity index (χ0n) is 15.9. The van der Waals surface area contributed by atoms with Crippen LogP contribution in [0.4, 0.5) is 0 Å². The lowest BCUT2D eigenvalue weighted by Crippen LogP contribution is -3.08. The van der Waals surface area contributed by atoms with E-state index in [9.17, 15) is 9.90 Å². The second-order valence-electron chi connectivity index (χ2n) is 6.98. The van der Waals surface area contributed by atoms with Crippen LogP contribution in [0.15, 0.2) is 51.9 Å². The van der Waals surface area contributed by atoms with Gasteiger partial charge in [-0.2, -0.15) is 0 Å². The molecular weight excluding hydrogens is 358 g/mol. The van der Waals surface area contributed by atoms with E-state index >= 15 is 0 Å². The van der Waals surface area contributed by atoms with Crippen LogP contribution in [0.1, 0.15) is 25.3 Å². The monoisotopic (exact) mass is 382 g/mol. The van der Waals surface area contributed by atoms with E-state index in [1.165, 1.54) is 24.0 Å². The standard InChI is InChI=1S/C22H23NO5/c1-2-26-18-7-3-4-8-19(18)28-20-14-27-22-15(21(20)25)9-10-17(24)16(22)13-23-11-5-6-12-23/h3-4,7-10,14,24H,2,5-6,11-13H2,1H3/p+1. The minimum Gasteiger partial charge on any atom is -0.507 e. The number of nitrogens with one attached hydrogen (secondary N) is 1. The molecule has 0 aliphatic carbocycles. The first-order valence-corrected chi connectivity index (χ1v) is 9.67. The lowest BCUT2D eigenvalue weighted by Gasteiger charge is -2.15. The summed E-state index contributed by atoms with van der Waals surface area (Å²) in [4.78, 5) is 14.4. The van der Waals surface area contributed by atoms with Gasteiger partial charge in [0, 0.05) is 12.8 Å². The lowest BCUT2D eigenvalue weighted by molar-refractivity contribution is -0.901.